The summed E-state index contributed by atoms with van der Waals surface area (Å²) in [6.07, 6.45) is 5.86. The molecule has 90 valence electrons. The molecule has 0 aromatic carbocycles. The van der Waals surface area contributed by atoms with Crippen molar-refractivity contribution in [2.24, 2.45) is 0 Å². The summed E-state index contributed by atoms with van der Waals surface area (Å²) in [5.74, 6) is 2.42. The Morgan fingerprint density at radius 3 is 2.81 bits per heavy atom. The molecule has 0 aliphatic heterocycles. The number of nitrogens with zero attached hydrogens (tertiary/aromatic N) is 2. The summed E-state index contributed by atoms with van der Waals surface area (Å²) in [5, 5.41) is 3.27. The lowest BCUT2D eigenvalue weighted by Gasteiger charge is -2.06. The summed E-state index contributed by atoms with van der Waals surface area (Å²) >= 11 is 1.90. The van der Waals surface area contributed by atoms with Gasteiger partial charge in [-0.2, -0.15) is 16.7 Å². The maximum absolute atomic E-state index is 5.56. The summed E-state index contributed by atoms with van der Waals surface area (Å²) in [6, 6.07) is 1.91. The fraction of sp³-hybridized carbons (Fsp3) is 0.636. The molecule has 0 bridgehead atoms. The van der Waals surface area contributed by atoms with Crippen molar-refractivity contribution in [1.82, 2.24) is 9.97 Å². The van der Waals surface area contributed by atoms with Crippen molar-refractivity contribution in [3.8, 4) is 0 Å². The van der Waals surface area contributed by atoms with Crippen LogP contribution in [0.25, 0.3) is 0 Å². The van der Waals surface area contributed by atoms with Crippen LogP contribution in [0.1, 0.15) is 25.0 Å². The van der Waals surface area contributed by atoms with Gasteiger partial charge in [0.2, 0.25) is 5.95 Å². The van der Waals surface area contributed by atoms with Crippen LogP contribution in [-0.2, 0) is 0 Å². The Morgan fingerprint density at radius 2 is 2.12 bits per heavy atom. The monoisotopic (exact) mass is 240 g/mol. The maximum atomic E-state index is 5.56. The van der Waals surface area contributed by atoms with Gasteiger partial charge in [0, 0.05) is 18.3 Å². The number of hydrogen-bond acceptors (Lipinski definition) is 5. The van der Waals surface area contributed by atoms with E-state index in [0.29, 0.717) is 5.95 Å². The minimum absolute atomic E-state index is 0.338. The normalized spacial score (nSPS) is 10.4. The van der Waals surface area contributed by atoms with Crippen LogP contribution in [0.4, 0.5) is 11.8 Å². The Balaban J connectivity index is 2.21. The van der Waals surface area contributed by atoms with E-state index >= 15 is 0 Å². The first-order chi connectivity index (χ1) is 7.72. The number of hydrogen-bond donors (Lipinski definition) is 2. The second-order valence-corrected chi connectivity index (χ2v) is 4.72. The van der Waals surface area contributed by atoms with Crippen LogP contribution in [0, 0.1) is 6.92 Å². The van der Waals surface area contributed by atoms with Crippen LogP contribution in [-0.4, -0.2) is 28.5 Å². The van der Waals surface area contributed by atoms with Crippen molar-refractivity contribution in [2.45, 2.75) is 26.2 Å². The zero-order chi connectivity index (χ0) is 11.8. The third-order valence-corrected chi connectivity index (χ3v) is 2.90. The van der Waals surface area contributed by atoms with Gasteiger partial charge in [-0.15, -0.1) is 0 Å². The van der Waals surface area contributed by atoms with Gasteiger partial charge in [-0.25, -0.2) is 4.98 Å². The van der Waals surface area contributed by atoms with Crippen molar-refractivity contribution in [1.29, 1.82) is 0 Å². The van der Waals surface area contributed by atoms with E-state index < -0.39 is 0 Å². The SMILES string of the molecule is CSCCCCCNc1cc(C)nc(N)n1. The van der Waals surface area contributed by atoms with Crippen molar-refractivity contribution < 1.29 is 0 Å². The molecule has 0 aliphatic rings. The van der Waals surface area contributed by atoms with Gasteiger partial charge in [0.15, 0.2) is 0 Å². The van der Waals surface area contributed by atoms with E-state index in [0.717, 1.165) is 18.1 Å². The molecular weight excluding hydrogens is 220 g/mol. The van der Waals surface area contributed by atoms with Crippen molar-refractivity contribution in [3.05, 3.63) is 11.8 Å². The van der Waals surface area contributed by atoms with Crippen LogP contribution in [0.15, 0.2) is 6.07 Å². The van der Waals surface area contributed by atoms with E-state index in [1.807, 2.05) is 24.8 Å². The molecular formula is C11H20N4S. The number of nitrogens with two attached hydrogens (primary N) is 1. The molecule has 1 heterocycles. The molecule has 1 aromatic rings. The number of aryl methyl sites for hydroxylation is 1. The van der Waals surface area contributed by atoms with Crippen LogP contribution >= 0.6 is 11.8 Å². The van der Waals surface area contributed by atoms with E-state index in [1.165, 1.54) is 25.0 Å². The third-order valence-electron chi connectivity index (χ3n) is 2.20. The smallest absolute Gasteiger partial charge is 0.222 e. The first-order valence-corrected chi connectivity index (χ1v) is 6.95. The fourth-order valence-corrected chi connectivity index (χ4v) is 1.94. The van der Waals surface area contributed by atoms with Gasteiger partial charge in [0.1, 0.15) is 5.82 Å². The first kappa shape index (κ1) is 13.1. The van der Waals surface area contributed by atoms with Gasteiger partial charge >= 0.3 is 0 Å². The number of nitrogen functional groups attached to an aromatic ring is 1. The average molecular weight is 240 g/mol. The first-order valence-electron chi connectivity index (χ1n) is 5.56. The van der Waals surface area contributed by atoms with Gasteiger partial charge in [0.05, 0.1) is 0 Å². The zero-order valence-corrected chi connectivity index (χ0v) is 10.8. The van der Waals surface area contributed by atoms with Gasteiger partial charge in [-0.3, -0.25) is 0 Å². The number of rotatable bonds is 7. The molecule has 0 spiro atoms. The quantitative estimate of drug-likeness (QED) is 0.716. The average Bonchev–Trinajstić information content (AvgIpc) is 2.22. The Labute approximate surface area is 101 Å². The standard InChI is InChI=1S/C11H20N4S/c1-9-8-10(15-11(12)14-9)13-6-4-3-5-7-16-2/h8H,3-7H2,1-2H3,(H3,12,13,14,15). The molecule has 5 heteroatoms. The Bertz CT molecular complexity index is 297. The number of thioether (sulfide) groups is 1. The van der Waals surface area contributed by atoms with Crippen molar-refractivity contribution >= 4 is 23.5 Å². The predicted molar refractivity (Wildman–Crippen MR) is 71.9 cm³/mol. The second kappa shape index (κ2) is 7.33. The third kappa shape index (κ3) is 5.21. The molecule has 1 rings (SSSR count). The zero-order valence-electron chi connectivity index (χ0n) is 9.99. The lowest BCUT2D eigenvalue weighted by atomic mass is 10.2. The van der Waals surface area contributed by atoms with E-state index in [-0.39, 0.29) is 0 Å². The summed E-state index contributed by atoms with van der Waals surface area (Å²) in [7, 11) is 0. The lowest BCUT2D eigenvalue weighted by molar-refractivity contribution is 0.748. The molecule has 0 fully saturated rings. The van der Waals surface area contributed by atoms with Gasteiger partial charge in [-0.05, 0) is 31.8 Å². The summed E-state index contributed by atoms with van der Waals surface area (Å²) < 4.78 is 0. The van der Waals surface area contributed by atoms with E-state index in [4.69, 9.17) is 5.73 Å². The molecule has 0 radical (unpaired) electrons. The molecule has 0 saturated heterocycles. The fourth-order valence-electron chi connectivity index (χ4n) is 1.45. The highest BCUT2D eigenvalue weighted by Gasteiger charge is 1.98. The Hall–Kier alpha value is -0.970. The van der Waals surface area contributed by atoms with Gasteiger partial charge < -0.3 is 11.1 Å². The number of aromatic nitrogens is 2. The van der Waals surface area contributed by atoms with Crippen LogP contribution in [0.5, 0.6) is 0 Å². The van der Waals surface area contributed by atoms with Gasteiger partial charge in [0.25, 0.3) is 0 Å². The highest BCUT2D eigenvalue weighted by molar-refractivity contribution is 7.98. The van der Waals surface area contributed by atoms with Gasteiger partial charge in [-0.1, -0.05) is 6.42 Å². The molecule has 0 amide bonds. The van der Waals surface area contributed by atoms with E-state index in [1.54, 1.807) is 0 Å². The molecule has 1 aromatic heterocycles. The Kier molecular flexibility index (Phi) is 6.00. The van der Waals surface area contributed by atoms with E-state index in [9.17, 15) is 0 Å². The topological polar surface area (TPSA) is 63.8 Å². The maximum Gasteiger partial charge on any atom is 0.222 e. The summed E-state index contributed by atoms with van der Waals surface area (Å²) in [5.41, 5.74) is 6.46. The molecule has 16 heavy (non-hydrogen) atoms. The minimum atomic E-state index is 0.338. The lowest BCUT2D eigenvalue weighted by Crippen LogP contribution is -2.06. The van der Waals surface area contributed by atoms with E-state index in [2.05, 4.69) is 21.5 Å². The molecule has 0 unspecified atom stereocenters. The molecule has 0 aliphatic carbocycles. The number of anilines is 2. The highest BCUT2D eigenvalue weighted by Crippen LogP contribution is 2.08. The number of nitrogens with one attached hydrogen (secondary N) is 1. The summed E-state index contributed by atoms with van der Waals surface area (Å²) in [4.78, 5) is 8.15. The second-order valence-electron chi connectivity index (χ2n) is 3.73. The molecule has 0 saturated carbocycles. The van der Waals surface area contributed by atoms with Crippen molar-refractivity contribution in [3.63, 3.8) is 0 Å². The van der Waals surface area contributed by atoms with Crippen LogP contribution in [0.3, 0.4) is 0 Å². The Morgan fingerprint density at radius 1 is 1.31 bits per heavy atom. The van der Waals surface area contributed by atoms with Crippen LogP contribution in [0.2, 0.25) is 0 Å². The molecule has 4 nitrogen and oxygen atoms in total. The van der Waals surface area contributed by atoms with Crippen LogP contribution < -0.4 is 11.1 Å². The minimum Gasteiger partial charge on any atom is -0.370 e. The summed E-state index contributed by atoms with van der Waals surface area (Å²) in [6.45, 7) is 2.87. The van der Waals surface area contributed by atoms with Crippen molar-refractivity contribution in [2.75, 3.05) is 29.6 Å². The largest absolute Gasteiger partial charge is 0.370 e. The highest BCUT2D eigenvalue weighted by atomic mass is 32.2. The molecule has 3 N–H and O–H groups in total. The predicted octanol–water partition coefficient (Wildman–Crippen LogP) is 2.31. The number of unbranched alkanes of at least 4 members (excludes halogenated alkanes) is 2. The molecule has 0 atom stereocenters.